The highest BCUT2D eigenvalue weighted by molar-refractivity contribution is 5.85. The maximum Gasteiger partial charge on any atom is 0.0746 e. The number of rotatable bonds is 3. The first-order valence-corrected chi connectivity index (χ1v) is 8.09. The first kappa shape index (κ1) is 16.8. The Labute approximate surface area is 148 Å². The normalized spacial score (nSPS) is 18.2. The van der Waals surface area contributed by atoms with Gasteiger partial charge in [0.1, 0.15) is 0 Å². The van der Waals surface area contributed by atoms with E-state index in [9.17, 15) is 0 Å². The summed E-state index contributed by atoms with van der Waals surface area (Å²) in [6.07, 6.45) is 5.69. The lowest BCUT2D eigenvalue weighted by atomic mass is 10.0. The van der Waals surface area contributed by atoms with Gasteiger partial charge in [0.2, 0.25) is 0 Å². The molecule has 3 heterocycles. The van der Waals surface area contributed by atoms with E-state index in [1.807, 2.05) is 30.7 Å². The largest absolute Gasteiger partial charge is 0.314 e. The van der Waals surface area contributed by atoms with Crippen LogP contribution in [0.15, 0.2) is 61.1 Å². The second-order valence-corrected chi connectivity index (χ2v) is 5.97. The molecule has 0 bridgehead atoms. The van der Waals surface area contributed by atoms with Crippen molar-refractivity contribution < 1.29 is 0 Å². The van der Waals surface area contributed by atoms with E-state index in [0.29, 0.717) is 6.04 Å². The van der Waals surface area contributed by atoms with Crippen molar-refractivity contribution in [1.29, 1.82) is 0 Å². The van der Waals surface area contributed by atoms with Crippen molar-refractivity contribution in [2.24, 2.45) is 0 Å². The predicted molar refractivity (Wildman–Crippen MR) is 99.2 cm³/mol. The Morgan fingerprint density at radius 1 is 1.08 bits per heavy atom. The SMILES string of the molecule is Cl.c1cncc(C2CNCCN2Cc2cccc3cccnc23)c1. The van der Waals surface area contributed by atoms with Gasteiger partial charge in [-0.3, -0.25) is 14.9 Å². The Hall–Kier alpha value is -2.01. The molecule has 0 saturated carbocycles. The Morgan fingerprint density at radius 2 is 1.96 bits per heavy atom. The summed E-state index contributed by atoms with van der Waals surface area (Å²) in [5.41, 5.74) is 3.67. The highest BCUT2D eigenvalue weighted by atomic mass is 35.5. The molecule has 0 amide bonds. The second-order valence-electron chi connectivity index (χ2n) is 5.97. The summed E-state index contributed by atoms with van der Waals surface area (Å²) in [4.78, 5) is 11.4. The van der Waals surface area contributed by atoms with E-state index in [4.69, 9.17) is 0 Å². The van der Waals surface area contributed by atoms with Crippen molar-refractivity contribution in [3.63, 3.8) is 0 Å². The third-order valence-electron chi connectivity index (χ3n) is 4.51. The molecule has 1 aromatic carbocycles. The van der Waals surface area contributed by atoms with Crippen LogP contribution in [0.25, 0.3) is 10.9 Å². The van der Waals surface area contributed by atoms with Crippen LogP contribution in [0.5, 0.6) is 0 Å². The first-order valence-electron chi connectivity index (χ1n) is 8.09. The number of aromatic nitrogens is 2. The van der Waals surface area contributed by atoms with E-state index in [1.165, 1.54) is 16.5 Å². The average molecular weight is 341 g/mol. The summed E-state index contributed by atoms with van der Waals surface area (Å²) in [5, 5.41) is 4.71. The minimum atomic E-state index is 0. The fraction of sp³-hybridized carbons (Fsp3) is 0.263. The number of piperazine rings is 1. The zero-order chi connectivity index (χ0) is 15.5. The van der Waals surface area contributed by atoms with Gasteiger partial charge in [-0.05, 0) is 23.3 Å². The molecule has 1 fully saturated rings. The van der Waals surface area contributed by atoms with Crippen LogP contribution in [0.4, 0.5) is 0 Å². The summed E-state index contributed by atoms with van der Waals surface area (Å²) in [7, 11) is 0. The van der Waals surface area contributed by atoms with Gasteiger partial charge in [-0.2, -0.15) is 0 Å². The van der Waals surface area contributed by atoms with Gasteiger partial charge in [0, 0.05) is 56.2 Å². The third-order valence-corrected chi connectivity index (χ3v) is 4.51. The van der Waals surface area contributed by atoms with Crippen molar-refractivity contribution in [3.05, 3.63) is 72.2 Å². The van der Waals surface area contributed by atoms with E-state index >= 15 is 0 Å². The zero-order valence-electron chi connectivity index (χ0n) is 13.4. The van der Waals surface area contributed by atoms with Crippen LogP contribution in [0.1, 0.15) is 17.2 Å². The van der Waals surface area contributed by atoms with Crippen molar-refractivity contribution in [1.82, 2.24) is 20.2 Å². The van der Waals surface area contributed by atoms with Crippen LogP contribution < -0.4 is 5.32 Å². The van der Waals surface area contributed by atoms with Crippen LogP contribution in [0, 0.1) is 0 Å². The molecule has 4 nitrogen and oxygen atoms in total. The number of nitrogens with one attached hydrogen (secondary N) is 1. The molecule has 124 valence electrons. The molecular weight excluding hydrogens is 320 g/mol. The van der Waals surface area contributed by atoms with E-state index in [1.54, 1.807) is 0 Å². The predicted octanol–water partition coefficient (Wildman–Crippen LogP) is 3.20. The van der Waals surface area contributed by atoms with Crippen molar-refractivity contribution >= 4 is 23.3 Å². The summed E-state index contributed by atoms with van der Waals surface area (Å²) in [6.45, 7) is 3.93. The molecule has 1 unspecified atom stereocenters. The Morgan fingerprint density at radius 3 is 2.83 bits per heavy atom. The molecule has 3 aromatic rings. The third kappa shape index (κ3) is 3.41. The molecule has 2 aromatic heterocycles. The monoisotopic (exact) mass is 340 g/mol. The molecule has 0 spiro atoms. The van der Waals surface area contributed by atoms with Crippen molar-refractivity contribution in [2.45, 2.75) is 12.6 Å². The topological polar surface area (TPSA) is 41.1 Å². The van der Waals surface area contributed by atoms with Crippen LogP contribution in [-0.2, 0) is 6.54 Å². The molecule has 24 heavy (non-hydrogen) atoms. The zero-order valence-corrected chi connectivity index (χ0v) is 14.2. The Bertz CT molecular complexity index is 788. The van der Waals surface area contributed by atoms with Crippen molar-refractivity contribution in [3.8, 4) is 0 Å². The second kappa shape index (κ2) is 7.71. The van der Waals surface area contributed by atoms with Gasteiger partial charge in [-0.15, -0.1) is 12.4 Å². The maximum absolute atomic E-state index is 4.59. The molecule has 1 saturated heterocycles. The standard InChI is InChI=1S/C19H20N4.ClH/c1-4-15-6-3-9-22-19(15)17(5-1)14-23-11-10-21-13-18(23)16-7-2-8-20-12-16;/h1-9,12,18,21H,10-11,13-14H2;1H. The van der Waals surface area contributed by atoms with Crippen LogP contribution in [0.3, 0.4) is 0 Å². The minimum Gasteiger partial charge on any atom is -0.314 e. The highest BCUT2D eigenvalue weighted by Gasteiger charge is 2.24. The van der Waals surface area contributed by atoms with Gasteiger partial charge in [-0.25, -0.2) is 0 Å². The molecular formula is C19H21ClN4. The summed E-state index contributed by atoms with van der Waals surface area (Å²) in [5.74, 6) is 0. The van der Waals surface area contributed by atoms with E-state index in [2.05, 4.69) is 50.5 Å². The van der Waals surface area contributed by atoms with Gasteiger partial charge >= 0.3 is 0 Å². The van der Waals surface area contributed by atoms with Crippen LogP contribution in [0.2, 0.25) is 0 Å². The minimum absolute atomic E-state index is 0. The number of halogens is 1. The molecule has 1 aliphatic heterocycles. The lowest BCUT2D eigenvalue weighted by molar-refractivity contribution is 0.154. The van der Waals surface area contributed by atoms with E-state index in [-0.39, 0.29) is 12.4 Å². The van der Waals surface area contributed by atoms with Crippen LogP contribution >= 0.6 is 12.4 Å². The molecule has 4 rings (SSSR count). The van der Waals surface area contributed by atoms with E-state index < -0.39 is 0 Å². The fourth-order valence-electron chi connectivity index (χ4n) is 3.35. The number of para-hydroxylation sites is 1. The highest BCUT2D eigenvalue weighted by Crippen LogP contribution is 2.25. The lowest BCUT2D eigenvalue weighted by Crippen LogP contribution is -2.45. The average Bonchev–Trinajstić information content (AvgIpc) is 2.63. The Balaban J connectivity index is 0.00000169. The number of nitrogens with zero attached hydrogens (tertiary/aromatic N) is 3. The molecule has 5 heteroatoms. The molecule has 0 aliphatic carbocycles. The number of pyridine rings is 2. The Kier molecular flexibility index (Phi) is 5.41. The number of hydrogen-bond acceptors (Lipinski definition) is 4. The number of hydrogen-bond donors (Lipinski definition) is 1. The van der Waals surface area contributed by atoms with Crippen molar-refractivity contribution in [2.75, 3.05) is 19.6 Å². The summed E-state index contributed by atoms with van der Waals surface area (Å²) >= 11 is 0. The molecule has 0 radical (unpaired) electrons. The van der Waals surface area contributed by atoms with Gasteiger partial charge in [-0.1, -0.05) is 30.3 Å². The number of benzene rings is 1. The van der Waals surface area contributed by atoms with Crippen LogP contribution in [-0.4, -0.2) is 34.5 Å². The van der Waals surface area contributed by atoms with Gasteiger partial charge < -0.3 is 5.32 Å². The maximum atomic E-state index is 4.59. The van der Waals surface area contributed by atoms with Gasteiger partial charge in [0.05, 0.1) is 5.52 Å². The first-order chi connectivity index (χ1) is 11.4. The smallest absolute Gasteiger partial charge is 0.0746 e. The molecule has 1 aliphatic rings. The number of fused-ring (bicyclic) bond motifs is 1. The molecule has 1 atom stereocenters. The quantitative estimate of drug-likeness (QED) is 0.795. The van der Waals surface area contributed by atoms with E-state index in [0.717, 1.165) is 31.7 Å². The fourth-order valence-corrected chi connectivity index (χ4v) is 3.35. The van der Waals surface area contributed by atoms with Gasteiger partial charge in [0.25, 0.3) is 0 Å². The van der Waals surface area contributed by atoms with Gasteiger partial charge in [0.15, 0.2) is 0 Å². The molecule has 1 N–H and O–H groups in total. The summed E-state index contributed by atoms with van der Waals surface area (Å²) in [6, 6.07) is 15.1. The lowest BCUT2D eigenvalue weighted by Gasteiger charge is -2.36. The summed E-state index contributed by atoms with van der Waals surface area (Å²) < 4.78 is 0.